The van der Waals surface area contributed by atoms with Crippen LogP contribution in [0.5, 0.6) is 0 Å². The lowest BCUT2D eigenvalue weighted by atomic mass is 10.2. The van der Waals surface area contributed by atoms with Crippen LogP contribution in [0.15, 0.2) is 30.7 Å². The Bertz CT molecular complexity index is 481. The number of rotatable bonds is 2. The molecular formula is C10H9ClFN3. The van der Waals surface area contributed by atoms with Crippen LogP contribution in [0, 0.1) is 5.82 Å². The van der Waals surface area contributed by atoms with Gasteiger partial charge in [0.15, 0.2) is 0 Å². The van der Waals surface area contributed by atoms with E-state index in [1.807, 2.05) is 0 Å². The van der Waals surface area contributed by atoms with E-state index >= 15 is 0 Å². The lowest BCUT2D eigenvalue weighted by Crippen LogP contribution is -1.98. The van der Waals surface area contributed by atoms with E-state index in [0.717, 1.165) is 0 Å². The molecule has 0 radical (unpaired) electrons. The third-order valence-electron chi connectivity index (χ3n) is 2.01. The summed E-state index contributed by atoms with van der Waals surface area (Å²) < 4.78 is 14.7. The predicted octanol–water partition coefficient (Wildman–Crippen LogP) is 2.31. The zero-order valence-electron chi connectivity index (χ0n) is 7.82. The number of aromatic nitrogens is 2. The van der Waals surface area contributed by atoms with Gasteiger partial charge < -0.3 is 10.3 Å². The minimum absolute atomic E-state index is 0.303. The molecule has 1 aromatic heterocycles. The standard InChI is InChI=1S/C10H9ClFN3/c11-9-2-1-8(12)3-7(9)4-15-5-10(13)14-6-15/h1-3,5-6H,4,13H2. The smallest absolute Gasteiger partial charge is 0.141 e. The number of nitrogen functional groups attached to an aromatic ring is 1. The molecule has 0 saturated carbocycles. The number of halogens is 2. The summed E-state index contributed by atoms with van der Waals surface area (Å²) >= 11 is 5.92. The second kappa shape index (κ2) is 3.90. The number of imidazole rings is 1. The zero-order valence-corrected chi connectivity index (χ0v) is 8.58. The third-order valence-corrected chi connectivity index (χ3v) is 2.38. The van der Waals surface area contributed by atoms with E-state index in [1.54, 1.807) is 17.1 Å². The van der Waals surface area contributed by atoms with E-state index in [1.165, 1.54) is 18.2 Å². The van der Waals surface area contributed by atoms with Crippen molar-refractivity contribution in [3.8, 4) is 0 Å². The largest absolute Gasteiger partial charge is 0.382 e. The van der Waals surface area contributed by atoms with Crippen molar-refractivity contribution in [2.45, 2.75) is 6.54 Å². The van der Waals surface area contributed by atoms with Crippen molar-refractivity contribution in [2.24, 2.45) is 0 Å². The molecule has 0 aliphatic heterocycles. The van der Waals surface area contributed by atoms with Crippen molar-refractivity contribution >= 4 is 17.4 Å². The summed E-state index contributed by atoms with van der Waals surface area (Å²) in [5, 5.41) is 0.531. The Labute approximate surface area is 91.3 Å². The normalized spacial score (nSPS) is 10.5. The molecule has 0 unspecified atom stereocenters. The number of hydrogen-bond acceptors (Lipinski definition) is 2. The first-order valence-corrected chi connectivity index (χ1v) is 4.74. The summed E-state index contributed by atoms with van der Waals surface area (Å²) in [7, 11) is 0. The highest BCUT2D eigenvalue weighted by Gasteiger charge is 2.03. The molecule has 0 atom stereocenters. The molecule has 2 N–H and O–H groups in total. The molecule has 78 valence electrons. The second-order valence-electron chi connectivity index (χ2n) is 3.21. The Kier molecular flexibility index (Phi) is 2.60. The first kappa shape index (κ1) is 9.98. The van der Waals surface area contributed by atoms with Crippen molar-refractivity contribution in [1.29, 1.82) is 0 Å². The molecule has 3 nitrogen and oxygen atoms in total. The van der Waals surface area contributed by atoms with E-state index in [2.05, 4.69) is 4.98 Å². The fourth-order valence-corrected chi connectivity index (χ4v) is 1.50. The van der Waals surface area contributed by atoms with Gasteiger partial charge in [-0.1, -0.05) is 11.6 Å². The van der Waals surface area contributed by atoms with Crippen LogP contribution in [-0.4, -0.2) is 9.55 Å². The monoisotopic (exact) mass is 225 g/mol. The van der Waals surface area contributed by atoms with Crippen molar-refractivity contribution in [1.82, 2.24) is 9.55 Å². The van der Waals surface area contributed by atoms with E-state index in [-0.39, 0.29) is 5.82 Å². The Hall–Kier alpha value is -1.55. The number of nitrogens with two attached hydrogens (primary N) is 1. The van der Waals surface area contributed by atoms with Crippen LogP contribution in [0.2, 0.25) is 5.02 Å². The molecule has 0 fully saturated rings. The SMILES string of the molecule is Nc1cn(Cc2cc(F)ccc2Cl)cn1. The van der Waals surface area contributed by atoms with E-state index < -0.39 is 0 Å². The second-order valence-corrected chi connectivity index (χ2v) is 3.61. The van der Waals surface area contributed by atoms with Gasteiger partial charge in [-0.05, 0) is 23.8 Å². The van der Waals surface area contributed by atoms with Crippen LogP contribution in [0.4, 0.5) is 10.2 Å². The summed E-state index contributed by atoms with van der Waals surface area (Å²) in [6.07, 6.45) is 3.25. The molecule has 0 aliphatic carbocycles. The van der Waals surface area contributed by atoms with Gasteiger partial charge in [0.2, 0.25) is 0 Å². The molecule has 0 aliphatic rings. The van der Waals surface area contributed by atoms with Crippen LogP contribution in [0.25, 0.3) is 0 Å². The topological polar surface area (TPSA) is 43.8 Å². The van der Waals surface area contributed by atoms with Crippen molar-refractivity contribution < 1.29 is 4.39 Å². The summed E-state index contributed by atoms with van der Waals surface area (Å²) in [5.41, 5.74) is 6.16. The molecule has 2 aromatic rings. The summed E-state index contributed by atoms with van der Waals surface area (Å²) in [6.45, 7) is 0.459. The van der Waals surface area contributed by atoms with Gasteiger partial charge in [0.25, 0.3) is 0 Å². The molecular weight excluding hydrogens is 217 g/mol. The molecule has 0 spiro atoms. The summed E-state index contributed by atoms with van der Waals surface area (Å²) in [4.78, 5) is 3.87. The number of benzene rings is 1. The summed E-state index contributed by atoms with van der Waals surface area (Å²) in [5.74, 6) is 0.130. The van der Waals surface area contributed by atoms with Crippen molar-refractivity contribution in [3.63, 3.8) is 0 Å². The zero-order chi connectivity index (χ0) is 10.8. The van der Waals surface area contributed by atoms with Crippen molar-refractivity contribution in [2.75, 3.05) is 5.73 Å². The highest BCUT2D eigenvalue weighted by molar-refractivity contribution is 6.31. The fraction of sp³-hybridized carbons (Fsp3) is 0.100. The van der Waals surface area contributed by atoms with Gasteiger partial charge in [-0.15, -0.1) is 0 Å². The maximum atomic E-state index is 12.9. The van der Waals surface area contributed by atoms with E-state index in [9.17, 15) is 4.39 Å². The molecule has 0 bridgehead atoms. The van der Waals surface area contributed by atoms with Crippen LogP contribution in [0.1, 0.15) is 5.56 Å². The fourth-order valence-electron chi connectivity index (χ4n) is 1.33. The van der Waals surface area contributed by atoms with Crippen LogP contribution < -0.4 is 5.73 Å². The quantitative estimate of drug-likeness (QED) is 0.853. The minimum atomic E-state index is -0.303. The highest BCUT2D eigenvalue weighted by Crippen LogP contribution is 2.18. The lowest BCUT2D eigenvalue weighted by molar-refractivity contribution is 0.623. The molecule has 0 saturated heterocycles. The summed E-state index contributed by atoms with van der Waals surface area (Å²) in [6, 6.07) is 4.26. The van der Waals surface area contributed by atoms with Gasteiger partial charge in [-0.3, -0.25) is 0 Å². The van der Waals surface area contributed by atoms with Crippen LogP contribution in [0.3, 0.4) is 0 Å². The van der Waals surface area contributed by atoms with E-state index in [0.29, 0.717) is 22.9 Å². The maximum Gasteiger partial charge on any atom is 0.141 e. The average molecular weight is 226 g/mol. The van der Waals surface area contributed by atoms with Gasteiger partial charge in [0.05, 0.1) is 12.9 Å². The van der Waals surface area contributed by atoms with Crippen LogP contribution >= 0.6 is 11.6 Å². The molecule has 1 aromatic carbocycles. The first-order chi connectivity index (χ1) is 7.15. The Morgan fingerprint density at radius 1 is 1.47 bits per heavy atom. The molecule has 5 heteroatoms. The van der Waals surface area contributed by atoms with Gasteiger partial charge in [0, 0.05) is 11.2 Å². The molecule has 15 heavy (non-hydrogen) atoms. The van der Waals surface area contributed by atoms with Gasteiger partial charge in [-0.25, -0.2) is 9.37 Å². The predicted molar refractivity (Wildman–Crippen MR) is 57.2 cm³/mol. The van der Waals surface area contributed by atoms with Gasteiger partial charge in [-0.2, -0.15) is 0 Å². The Balaban J connectivity index is 2.27. The minimum Gasteiger partial charge on any atom is -0.382 e. The molecule has 0 amide bonds. The third kappa shape index (κ3) is 2.27. The highest BCUT2D eigenvalue weighted by atomic mass is 35.5. The maximum absolute atomic E-state index is 12.9. The molecule has 1 heterocycles. The van der Waals surface area contributed by atoms with Crippen LogP contribution in [-0.2, 0) is 6.54 Å². The number of nitrogens with zero attached hydrogens (tertiary/aromatic N) is 2. The van der Waals surface area contributed by atoms with Gasteiger partial charge >= 0.3 is 0 Å². The van der Waals surface area contributed by atoms with Gasteiger partial charge in [0.1, 0.15) is 11.6 Å². The van der Waals surface area contributed by atoms with E-state index in [4.69, 9.17) is 17.3 Å². The average Bonchev–Trinajstić information content (AvgIpc) is 2.58. The number of hydrogen-bond donors (Lipinski definition) is 1. The first-order valence-electron chi connectivity index (χ1n) is 4.36. The lowest BCUT2D eigenvalue weighted by Gasteiger charge is -2.04. The number of anilines is 1. The van der Waals surface area contributed by atoms with Crippen molar-refractivity contribution in [3.05, 3.63) is 47.1 Å². The Morgan fingerprint density at radius 2 is 2.27 bits per heavy atom. The molecule has 2 rings (SSSR count). The Morgan fingerprint density at radius 3 is 2.93 bits per heavy atom.